The van der Waals surface area contributed by atoms with E-state index in [1.54, 1.807) is 0 Å². The highest BCUT2D eigenvalue weighted by atomic mass is 16.6. The van der Waals surface area contributed by atoms with Crippen molar-refractivity contribution in [3.8, 4) is 17.0 Å². The highest BCUT2D eigenvalue weighted by Crippen LogP contribution is 2.31. The molecule has 4 aromatic rings. The van der Waals surface area contributed by atoms with Gasteiger partial charge in [-0.15, -0.1) is 0 Å². The molecule has 0 atom stereocenters. The number of aromatic nitrogens is 2. The third kappa shape index (κ3) is 3.47. The van der Waals surface area contributed by atoms with Crippen LogP contribution >= 0.6 is 0 Å². The van der Waals surface area contributed by atoms with E-state index in [9.17, 15) is 4.79 Å². The summed E-state index contributed by atoms with van der Waals surface area (Å²) in [6.45, 7) is 8.38. The zero-order valence-electron chi connectivity index (χ0n) is 16.7. The number of aryl methyl sites for hydroxylation is 3. The van der Waals surface area contributed by atoms with Crippen LogP contribution in [0.25, 0.3) is 22.2 Å². The largest absolute Gasteiger partial charge is 0.494 e. The molecule has 2 aromatic heterocycles. The zero-order chi connectivity index (χ0) is 20.5. The number of hydrogen-bond donors (Lipinski definition) is 1. The smallest absolute Gasteiger partial charge is 0.292 e. The highest BCUT2D eigenvalue weighted by Gasteiger charge is 2.22. The molecule has 0 aliphatic carbocycles. The van der Waals surface area contributed by atoms with Crippen LogP contribution in [-0.2, 0) is 0 Å². The van der Waals surface area contributed by atoms with E-state index in [4.69, 9.17) is 13.8 Å². The van der Waals surface area contributed by atoms with E-state index in [1.807, 2.05) is 58.0 Å². The van der Waals surface area contributed by atoms with Crippen molar-refractivity contribution in [2.24, 2.45) is 0 Å². The number of nitrogens with one attached hydrogen (secondary N) is 1. The van der Waals surface area contributed by atoms with Gasteiger partial charge >= 0.3 is 0 Å². The lowest BCUT2D eigenvalue weighted by atomic mass is 10.0. The first kappa shape index (κ1) is 18.7. The monoisotopic (exact) mass is 391 g/mol. The van der Waals surface area contributed by atoms with E-state index in [2.05, 4.69) is 21.7 Å². The maximum Gasteiger partial charge on any atom is 0.292 e. The predicted octanol–water partition coefficient (Wildman–Crippen LogP) is 5.06. The Hall–Kier alpha value is -3.61. The number of benzene rings is 2. The molecule has 2 aromatic carbocycles. The lowest BCUT2D eigenvalue weighted by Crippen LogP contribution is -2.13. The summed E-state index contributed by atoms with van der Waals surface area (Å²) >= 11 is 0. The number of carbonyl (C=O) groups is 1. The summed E-state index contributed by atoms with van der Waals surface area (Å²) in [5, 5.41) is 11.5. The van der Waals surface area contributed by atoms with Crippen LogP contribution in [0.1, 0.15) is 34.2 Å². The van der Waals surface area contributed by atoms with Gasteiger partial charge in [-0.05, 0) is 79.5 Å². The highest BCUT2D eigenvalue weighted by molar-refractivity contribution is 6.07. The molecule has 4 rings (SSSR count). The number of rotatable bonds is 5. The Morgan fingerprint density at radius 2 is 1.86 bits per heavy atom. The predicted molar refractivity (Wildman–Crippen MR) is 109 cm³/mol. The van der Waals surface area contributed by atoms with Gasteiger partial charge in [0.2, 0.25) is 5.82 Å². The molecule has 1 amide bonds. The summed E-state index contributed by atoms with van der Waals surface area (Å²) < 4.78 is 16.2. The van der Waals surface area contributed by atoms with Crippen molar-refractivity contribution < 1.29 is 18.6 Å². The van der Waals surface area contributed by atoms with E-state index < -0.39 is 5.91 Å². The molecular formula is C22H21N3O4. The number of carbonyl (C=O) groups excluding carboxylic acids is 1. The third-order valence-electron chi connectivity index (χ3n) is 4.74. The van der Waals surface area contributed by atoms with Gasteiger partial charge in [0.05, 0.1) is 6.61 Å². The second-order valence-electron chi connectivity index (χ2n) is 6.88. The topological polar surface area (TPSA) is 90.4 Å². The van der Waals surface area contributed by atoms with Gasteiger partial charge in [0, 0.05) is 16.5 Å². The van der Waals surface area contributed by atoms with Gasteiger partial charge in [-0.25, -0.2) is 4.63 Å². The maximum atomic E-state index is 12.9. The molecular weight excluding hydrogens is 370 g/mol. The molecule has 0 aliphatic rings. The Balaban J connectivity index is 1.63. The van der Waals surface area contributed by atoms with Crippen molar-refractivity contribution in [1.82, 2.24) is 10.3 Å². The van der Waals surface area contributed by atoms with E-state index in [1.165, 1.54) is 0 Å². The Morgan fingerprint density at radius 1 is 1.10 bits per heavy atom. The van der Waals surface area contributed by atoms with E-state index >= 15 is 0 Å². The molecule has 0 unspecified atom stereocenters. The van der Waals surface area contributed by atoms with Gasteiger partial charge in [-0.2, -0.15) is 0 Å². The minimum Gasteiger partial charge on any atom is -0.494 e. The molecule has 7 heteroatoms. The molecule has 0 fully saturated rings. The SMILES string of the molecule is CCOc1ccc(-c2nonc2NC(=O)c2oc3cc(C)cc(C)c3c2C)cc1. The van der Waals surface area contributed by atoms with E-state index in [0.29, 0.717) is 17.9 Å². The first-order valence-corrected chi connectivity index (χ1v) is 9.35. The lowest BCUT2D eigenvalue weighted by Gasteiger charge is -2.04. The normalized spacial score (nSPS) is 11.0. The van der Waals surface area contributed by atoms with Crippen LogP contribution in [0.2, 0.25) is 0 Å². The molecule has 7 nitrogen and oxygen atoms in total. The number of anilines is 1. The van der Waals surface area contributed by atoms with Crippen LogP contribution < -0.4 is 10.1 Å². The Labute approximate surface area is 167 Å². The average Bonchev–Trinajstić information content (AvgIpc) is 3.27. The maximum absolute atomic E-state index is 12.9. The fourth-order valence-corrected chi connectivity index (χ4v) is 3.51. The summed E-state index contributed by atoms with van der Waals surface area (Å²) in [5.74, 6) is 0.821. The molecule has 0 saturated carbocycles. The number of furan rings is 1. The zero-order valence-corrected chi connectivity index (χ0v) is 16.7. The van der Waals surface area contributed by atoms with Crippen LogP contribution in [0.5, 0.6) is 5.75 Å². The molecule has 0 radical (unpaired) electrons. The summed E-state index contributed by atoms with van der Waals surface area (Å²) in [6, 6.07) is 11.3. The number of nitrogens with zero attached hydrogens (tertiary/aromatic N) is 2. The van der Waals surface area contributed by atoms with Crippen molar-refractivity contribution in [2.75, 3.05) is 11.9 Å². The van der Waals surface area contributed by atoms with E-state index in [-0.39, 0.29) is 11.6 Å². The number of ether oxygens (including phenoxy) is 1. The molecule has 1 N–H and O–H groups in total. The quantitative estimate of drug-likeness (QED) is 0.511. The summed E-state index contributed by atoms with van der Waals surface area (Å²) in [6.07, 6.45) is 0. The van der Waals surface area contributed by atoms with Gasteiger partial charge in [0.25, 0.3) is 5.91 Å². The average molecular weight is 391 g/mol. The lowest BCUT2D eigenvalue weighted by molar-refractivity contribution is 0.0997. The second kappa shape index (κ2) is 7.43. The molecule has 0 saturated heterocycles. The minimum absolute atomic E-state index is 0.229. The van der Waals surface area contributed by atoms with Crippen LogP contribution in [0.4, 0.5) is 5.82 Å². The molecule has 0 bridgehead atoms. The summed E-state index contributed by atoms with van der Waals surface area (Å²) in [5.41, 5.74) is 4.80. The number of amides is 1. The Morgan fingerprint density at radius 3 is 2.59 bits per heavy atom. The first-order chi connectivity index (χ1) is 14.0. The molecule has 148 valence electrons. The van der Waals surface area contributed by atoms with Crippen LogP contribution in [0.3, 0.4) is 0 Å². The molecule has 29 heavy (non-hydrogen) atoms. The number of fused-ring (bicyclic) bond motifs is 1. The van der Waals surface area contributed by atoms with E-state index in [0.717, 1.165) is 33.4 Å². The van der Waals surface area contributed by atoms with Crippen LogP contribution in [0, 0.1) is 20.8 Å². The summed E-state index contributed by atoms with van der Waals surface area (Å²) in [4.78, 5) is 12.9. The van der Waals surface area contributed by atoms with Crippen molar-refractivity contribution in [3.63, 3.8) is 0 Å². The first-order valence-electron chi connectivity index (χ1n) is 9.35. The van der Waals surface area contributed by atoms with Gasteiger partial charge < -0.3 is 9.15 Å². The van der Waals surface area contributed by atoms with Crippen molar-refractivity contribution in [3.05, 3.63) is 58.8 Å². The Kier molecular flexibility index (Phi) is 4.80. The van der Waals surface area contributed by atoms with Gasteiger partial charge in [0.15, 0.2) is 11.5 Å². The summed E-state index contributed by atoms with van der Waals surface area (Å²) in [7, 11) is 0. The van der Waals surface area contributed by atoms with Gasteiger partial charge in [-0.3, -0.25) is 10.1 Å². The minimum atomic E-state index is -0.404. The van der Waals surface area contributed by atoms with Gasteiger partial charge in [-0.1, -0.05) is 6.07 Å². The third-order valence-corrected chi connectivity index (χ3v) is 4.74. The second-order valence-corrected chi connectivity index (χ2v) is 6.88. The van der Waals surface area contributed by atoms with Crippen LogP contribution in [0.15, 0.2) is 45.4 Å². The fraction of sp³-hybridized carbons (Fsp3) is 0.227. The van der Waals surface area contributed by atoms with Crippen molar-refractivity contribution in [2.45, 2.75) is 27.7 Å². The fourth-order valence-electron chi connectivity index (χ4n) is 3.51. The van der Waals surface area contributed by atoms with Gasteiger partial charge in [0.1, 0.15) is 11.3 Å². The molecule has 0 aliphatic heterocycles. The van der Waals surface area contributed by atoms with Crippen molar-refractivity contribution in [1.29, 1.82) is 0 Å². The Bertz CT molecular complexity index is 1190. The van der Waals surface area contributed by atoms with Crippen LogP contribution in [-0.4, -0.2) is 22.8 Å². The van der Waals surface area contributed by atoms with Crippen molar-refractivity contribution >= 4 is 22.7 Å². The number of hydrogen-bond acceptors (Lipinski definition) is 6. The standard InChI is InChI=1S/C22H21N3O4/c1-5-27-16-8-6-15(7-9-16)19-21(25-29-24-19)23-22(26)20-14(4)18-13(3)10-12(2)11-17(18)28-20/h6-11H,5H2,1-4H3,(H,23,25,26). The molecule has 0 spiro atoms. The molecule has 2 heterocycles.